The summed E-state index contributed by atoms with van der Waals surface area (Å²) in [6.07, 6.45) is 2.39. The molecule has 4 aromatic rings. The van der Waals surface area contributed by atoms with Gasteiger partial charge in [-0.25, -0.2) is 9.97 Å². The van der Waals surface area contributed by atoms with Crippen molar-refractivity contribution in [2.24, 2.45) is 0 Å². The highest BCUT2D eigenvalue weighted by molar-refractivity contribution is 7.13. The van der Waals surface area contributed by atoms with Gasteiger partial charge in [-0.15, -0.1) is 11.3 Å². The number of rotatable bonds is 7. The van der Waals surface area contributed by atoms with Crippen molar-refractivity contribution in [2.45, 2.75) is 20.3 Å². The van der Waals surface area contributed by atoms with Gasteiger partial charge in [-0.2, -0.15) is 0 Å². The largest absolute Gasteiger partial charge is 0.493 e. The van der Waals surface area contributed by atoms with E-state index in [1.807, 2.05) is 49.6 Å². The lowest BCUT2D eigenvalue weighted by Gasteiger charge is -2.06. The molecule has 0 radical (unpaired) electrons. The van der Waals surface area contributed by atoms with Crippen molar-refractivity contribution in [2.75, 3.05) is 18.5 Å². The molecule has 0 atom stereocenters. The number of nitrogens with one attached hydrogen (secondary N) is 1. The molecule has 1 aromatic carbocycles. The van der Waals surface area contributed by atoms with Gasteiger partial charge >= 0.3 is 0 Å². The van der Waals surface area contributed by atoms with Crippen LogP contribution in [0.3, 0.4) is 0 Å². The summed E-state index contributed by atoms with van der Waals surface area (Å²) in [6, 6.07) is 9.80. The maximum atomic E-state index is 6.24. The lowest BCUT2D eigenvalue weighted by Crippen LogP contribution is -2.07. The van der Waals surface area contributed by atoms with Crippen LogP contribution in [0.5, 0.6) is 5.75 Å². The number of ether oxygens (including phenoxy) is 1. The fraction of sp³-hybridized carbons (Fsp3) is 0.238. The Labute approximate surface area is 172 Å². The Morgan fingerprint density at radius 3 is 3.00 bits per heavy atom. The van der Waals surface area contributed by atoms with Gasteiger partial charge in [-0.1, -0.05) is 23.7 Å². The van der Waals surface area contributed by atoms with E-state index < -0.39 is 0 Å². The third-order valence-corrected chi connectivity index (χ3v) is 5.69. The van der Waals surface area contributed by atoms with Crippen molar-refractivity contribution in [1.29, 1.82) is 0 Å². The molecule has 0 aliphatic rings. The Balaban J connectivity index is 1.46. The standard InChI is InChI=1S/C21H20ClN3O2S/c1-3-26-14-9-19(28-11-14)18-10-20(25-12-24-18)23-8-7-15-13(2)27-21-16(15)5-4-6-17(21)22/h4-6,9-12H,3,7-8H2,1-2H3,(H,23,24,25). The van der Waals surface area contributed by atoms with Crippen molar-refractivity contribution in [1.82, 2.24) is 9.97 Å². The van der Waals surface area contributed by atoms with Gasteiger partial charge in [-0.05, 0) is 26.3 Å². The highest BCUT2D eigenvalue weighted by Crippen LogP contribution is 2.32. The molecule has 0 saturated heterocycles. The Kier molecular flexibility index (Phi) is 5.50. The Morgan fingerprint density at radius 1 is 1.25 bits per heavy atom. The maximum absolute atomic E-state index is 6.24. The second kappa shape index (κ2) is 8.20. The fourth-order valence-corrected chi connectivity index (χ4v) is 4.17. The lowest BCUT2D eigenvalue weighted by atomic mass is 10.1. The third kappa shape index (κ3) is 3.84. The van der Waals surface area contributed by atoms with Crippen molar-refractivity contribution in [3.8, 4) is 16.3 Å². The fourth-order valence-electron chi connectivity index (χ4n) is 3.17. The molecule has 28 heavy (non-hydrogen) atoms. The van der Waals surface area contributed by atoms with E-state index in [1.165, 1.54) is 5.56 Å². The topological polar surface area (TPSA) is 60.2 Å². The summed E-state index contributed by atoms with van der Waals surface area (Å²) >= 11 is 7.85. The summed E-state index contributed by atoms with van der Waals surface area (Å²) < 4.78 is 11.4. The zero-order chi connectivity index (χ0) is 19.5. The highest BCUT2D eigenvalue weighted by Gasteiger charge is 2.13. The summed E-state index contributed by atoms with van der Waals surface area (Å²) in [6.45, 7) is 5.33. The average molecular weight is 414 g/mol. The molecule has 7 heteroatoms. The number of furan rings is 1. The molecule has 0 bridgehead atoms. The molecular weight excluding hydrogens is 394 g/mol. The van der Waals surface area contributed by atoms with Crippen molar-refractivity contribution >= 4 is 39.7 Å². The number of nitrogens with zero attached hydrogens (tertiary/aromatic N) is 2. The number of fused-ring (bicyclic) bond motifs is 1. The molecule has 3 heterocycles. The minimum atomic E-state index is 0.641. The van der Waals surface area contributed by atoms with E-state index in [0.717, 1.165) is 51.8 Å². The smallest absolute Gasteiger partial charge is 0.153 e. The Morgan fingerprint density at radius 2 is 2.14 bits per heavy atom. The second-order valence-corrected chi connectivity index (χ2v) is 7.62. The normalized spacial score (nSPS) is 11.1. The zero-order valence-electron chi connectivity index (χ0n) is 15.7. The van der Waals surface area contributed by atoms with Crippen LogP contribution in [-0.2, 0) is 6.42 Å². The van der Waals surface area contributed by atoms with Crippen molar-refractivity contribution < 1.29 is 9.15 Å². The Hall–Kier alpha value is -2.57. The number of aryl methyl sites for hydroxylation is 1. The zero-order valence-corrected chi connectivity index (χ0v) is 17.2. The van der Waals surface area contributed by atoms with Gasteiger partial charge in [0, 0.05) is 35.0 Å². The summed E-state index contributed by atoms with van der Waals surface area (Å²) in [4.78, 5) is 9.77. The number of hydrogen-bond acceptors (Lipinski definition) is 6. The van der Waals surface area contributed by atoms with Crippen LogP contribution in [0.4, 0.5) is 5.82 Å². The number of aromatic nitrogens is 2. The number of benzene rings is 1. The molecule has 144 valence electrons. The van der Waals surface area contributed by atoms with Crippen molar-refractivity contribution in [3.05, 3.63) is 58.4 Å². The van der Waals surface area contributed by atoms with Gasteiger partial charge < -0.3 is 14.5 Å². The molecule has 5 nitrogen and oxygen atoms in total. The predicted octanol–water partition coefficient (Wildman–Crippen LogP) is 5.97. The van der Waals surface area contributed by atoms with Crippen LogP contribution in [-0.4, -0.2) is 23.1 Å². The van der Waals surface area contributed by atoms with Gasteiger partial charge in [0.1, 0.15) is 23.7 Å². The quantitative estimate of drug-likeness (QED) is 0.404. The molecule has 0 aliphatic carbocycles. The third-order valence-electron chi connectivity index (χ3n) is 4.46. The minimum absolute atomic E-state index is 0.641. The number of halogens is 1. The van der Waals surface area contributed by atoms with Crippen LogP contribution >= 0.6 is 22.9 Å². The van der Waals surface area contributed by atoms with Crippen LogP contribution in [0.15, 0.2) is 46.5 Å². The number of hydrogen-bond donors (Lipinski definition) is 1. The molecule has 4 rings (SSSR count). The maximum Gasteiger partial charge on any atom is 0.153 e. The van der Waals surface area contributed by atoms with Crippen LogP contribution in [0.1, 0.15) is 18.2 Å². The first kappa shape index (κ1) is 18.8. The van der Waals surface area contributed by atoms with Gasteiger partial charge in [-0.3, -0.25) is 0 Å². The van der Waals surface area contributed by atoms with E-state index in [2.05, 4.69) is 15.3 Å². The van der Waals surface area contributed by atoms with Crippen molar-refractivity contribution in [3.63, 3.8) is 0 Å². The number of thiophene rings is 1. The van der Waals surface area contributed by atoms with Gasteiger partial charge in [0.15, 0.2) is 5.58 Å². The monoisotopic (exact) mass is 413 g/mol. The first-order valence-electron chi connectivity index (χ1n) is 9.10. The molecule has 0 aliphatic heterocycles. The average Bonchev–Trinajstić information content (AvgIpc) is 3.28. The summed E-state index contributed by atoms with van der Waals surface area (Å²) in [5.74, 6) is 2.56. The first-order chi connectivity index (χ1) is 13.7. The van der Waals surface area contributed by atoms with Gasteiger partial charge in [0.05, 0.1) is 22.2 Å². The molecule has 0 fully saturated rings. The first-order valence-corrected chi connectivity index (χ1v) is 10.4. The number of para-hydroxylation sites is 1. The van der Waals surface area contributed by atoms with E-state index in [4.69, 9.17) is 20.8 Å². The molecule has 0 unspecified atom stereocenters. The lowest BCUT2D eigenvalue weighted by molar-refractivity contribution is 0.342. The van der Waals surface area contributed by atoms with E-state index in [1.54, 1.807) is 17.7 Å². The van der Waals surface area contributed by atoms with E-state index in [0.29, 0.717) is 11.6 Å². The predicted molar refractivity (Wildman–Crippen MR) is 115 cm³/mol. The van der Waals surface area contributed by atoms with Crippen LogP contribution in [0, 0.1) is 6.92 Å². The summed E-state index contributed by atoms with van der Waals surface area (Å²) in [5.41, 5.74) is 2.80. The van der Waals surface area contributed by atoms with Crippen LogP contribution in [0.25, 0.3) is 21.5 Å². The van der Waals surface area contributed by atoms with E-state index in [-0.39, 0.29) is 0 Å². The van der Waals surface area contributed by atoms with Crippen LogP contribution < -0.4 is 10.1 Å². The van der Waals surface area contributed by atoms with Gasteiger partial charge in [0.25, 0.3) is 0 Å². The molecule has 1 N–H and O–H groups in total. The minimum Gasteiger partial charge on any atom is -0.493 e. The summed E-state index contributed by atoms with van der Waals surface area (Å²) in [5, 5.41) is 7.08. The molecule has 0 spiro atoms. The molecule has 0 saturated carbocycles. The van der Waals surface area contributed by atoms with Crippen LogP contribution in [0.2, 0.25) is 5.02 Å². The molecule has 3 aromatic heterocycles. The Bertz CT molecular complexity index is 1110. The molecular formula is C21H20ClN3O2S. The highest BCUT2D eigenvalue weighted by atomic mass is 35.5. The van der Waals surface area contributed by atoms with E-state index >= 15 is 0 Å². The van der Waals surface area contributed by atoms with E-state index in [9.17, 15) is 0 Å². The number of anilines is 1. The second-order valence-electron chi connectivity index (χ2n) is 6.30. The SMILES string of the molecule is CCOc1csc(-c2cc(NCCc3c(C)oc4c(Cl)cccc34)ncn2)c1. The summed E-state index contributed by atoms with van der Waals surface area (Å²) in [7, 11) is 0. The molecule has 0 amide bonds. The van der Waals surface area contributed by atoms with Gasteiger partial charge in [0.2, 0.25) is 0 Å².